The number of nitrogens with one attached hydrogen (secondary N) is 1. The Hall–Kier alpha value is -3.59. The SMILES string of the molecule is Cc1cccc(CN(CCN(C)C(=O)OC(C)(C)C)C[C@@H](NC(=O)OCc2ccccc2)C(=O)O)c1. The fourth-order valence-corrected chi connectivity index (χ4v) is 3.38. The third kappa shape index (κ3) is 10.8. The summed E-state index contributed by atoms with van der Waals surface area (Å²) in [5, 5.41) is 12.2. The van der Waals surface area contributed by atoms with Crippen LogP contribution < -0.4 is 5.32 Å². The number of likely N-dealkylation sites (N-methyl/N-ethyl adjacent to an activating group) is 1. The van der Waals surface area contributed by atoms with E-state index >= 15 is 0 Å². The van der Waals surface area contributed by atoms with E-state index in [9.17, 15) is 19.5 Å². The molecule has 0 saturated heterocycles. The molecule has 36 heavy (non-hydrogen) atoms. The van der Waals surface area contributed by atoms with E-state index in [0.29, 0.717) is 19.6 Å². The summed E-state index contributed by atoms with van der Waals surface area (Å²) < 4.78 is 10.6. The van der Waals surface area contributed by atoms with Crippen molar-refractivity contribution in [1.29, 1.82) is 0 Å². The molecule has 9 heteroatoms. The van der Waals surface area contributed by atoms with E-state index in [1.165, 1.54) is 4.90 Å². The largest absolute Gasteiger partial charge is 0.480 e. The van der Waals surface area contributed by atoms with E-state index in [0.717, 1.165) is 16.7 Å². The number of rotatable bonds is 11. The highest BCUT2D eigenvalue weighted by Crippen LogP contribution is 2.11. The van der Waals surface area contributed by atoms with Crippen LogP contribution in [0, 0.1) is 6.92 Å². The van der Waals surface area contributed by atoms with E-state index in [1.54, 1.807) is 27.8 Å². The van der Waals surface area contributed by atoms with Crippen LogP contribution in [0.15, 0.2) is 54.6 Å². The van der Waals surface area contributed by atoms with Gasteiger partial charge in [0, 0.05) is 33.2 Å². The minimum absolute atomic E-state index is 0.0197. The van der Waals surface area contributed by atoms with Crippen molar-refractivity contribution in [2.45, 2.75) is 52.5 Å². The van der Waals surface area contributed by atoms with Gasteiger partial charge in [-0.25, -0.2) is 14.4 Å². The highest BCUT2D eigenvalue weighted by atomic mass is 16.6. The maximum absolute atomic E-state index is 12.4. The van der Waals surface area contributed by atoms with Crippen LogP contribution in [0.4, 0.5) is 9.59 Å². The second-order valence-corrected chi connectivity index (χ2v) is 9.72. The molecule has 2 amide bonds. The number of aliphatic carboxylic acids is 1. The molecule has 0 spiro atoms. The Bertz CT molecular complexity index is 1010. The Labute approximate surface area is 213 Å². The number of carbonyl (C=O) groups is 3. The van der Waals surface area contributed by atoms with Crippen molar-refractivity contribution in [3.05, 3.63) is 71.3 Å². The molecule has 2 aromatic rings. The molecule has 0 heterocycles. The average molecular weight is 500 g/mol. The summed E-state index contributed by atoms with van der Waals surface area (Å²) in [5.74, 6) is -1.18. The van der Waals surface area contributed by atoms with Crippen LogP contribution in [-0.4, -0.2) is 71.4 Å². The molecule has 2 N–H and O–H groups in total. The first-order valence-corrected chi connectivity index (χ1v) is 11.8. The molecule has 0 aliphatic rings. The van der Waals surface area contributed by atoms with E-state index in [-0.39, 0.29) is 13.2 Å². The number of carbonyl (C=O) groups excluding carboxylic acids is 2. The lowest BCUT2D eigenvalue weighted by Crippen LogP contribution is -2.50. The molecule has 0 fully saturated rings. The van der Waals surface area contributed by atoms with Gasteiger partial charge < -0.3 is 24.8 Å². The first-order valence-electron chi connectivity index (χ1n) is 11.8. The van der Waals surface area contributed by atoms with Crippen LogP contribution in [0.1, 0.15) is 37.5 Å². The minimum atomic E-state index is -1.20. The van der Waals surface area contributed by atoms with E-state index in [4.69, 9.17) is 9.47 Å². The highest BCUT2D eigenvalue weighted by Gasteiger charge is 2.25. The second kappa shape index (κ2) is 13.5. The van der Waals surface area contributed by atoms with Crippen LogP contribution in [-0.2, 0) is 27.4 Å². The van der Waals surface area contributed by atoms with Gasteiger partial charge in [-0.05, 0) is 38.8 Å². The molecule has 0 unspecified atom stereocenters. The number of ether oxygens (including phenoxy) is 2. The van der Waals surface area contributed by atoms with E-state index < -0.39 is 29.8 Å². The monoisotopic (exact) mass is 499 g/mol. The maximum atomic E-state index is 12.4. The maximum Gasteiger partial charge on any atom is 0.410 e. The number of carboxylic acids is 1. The smallest absolute Gasteiger partial charge is 0.410 e. The molecule has 1 atom stereocenters. The molecule has 0 aromatic heterocycles. The Morgan fingerprint density at radius 1 is 1.00 bits per heavy atom. The summed E-state index contributed by atoms with van der Waals surface area (Å²) in [6.45, 7) is 8.54. The van der Waals surface area contributed by atoms with Crippen molar-refractivity contribution in [2.24, 2.45) is 0 Å². The molecular weight excluding hydrogens is 462 g/mol. The molecule has 9 nitrogen and oxygen atoms in total. The normalized spacial score (nSPS) is 12.1. The van der Waals surface area contributed by atoms with Crippen molar-refractivity contribution in [3.63, 3.8) is 0 Å². The number of alkyl carbamates (subject to hydrolysis) is 1. The van der Waals surface area contributed by atoms with Crippen LogP contribution in [0.3, 0.4) is 0 Å². The third-order valence-electron chi connectivity index (χ3n) is 5.19. The van der Waals surface area contributed by atoms with Crippen LogP contribution >= 0.6 is 0 Å². The summed E-state index contributed by atoms with van der Waals surface area (Å²) >= 11 is 0. The summed E-state index contributed by atoms with van der Waals surface area (Å²) in [4.78, 5) is 40.0. The minimum Gasteiger partial charge on any atom is -0.480 e. The van der Waals surface area contributed by atoms with Gasteiger partial charge in [-0.1, -0.05) is 60.2 Å². The Morgan fingerprint density at radius 3 is 2.28 bits per heavy atom. The van der Waals surface area contributed by atoms with Crippen molar-refractivity contribution >= 4 is 18.2 Å². The van der Waals surface area contributed by atoms with Crippen molar-refractivity contribution < 1.29 is 29.0 Å². The van der Waals surface area contributed by atoms with E-state index in [1.807, 2.05) is 66.4 Å². The first-order chi connectivity index (χ1) is 16.9. The topological polar surface area (TPSA) is 108 Å². The van der Waals surface area contributed by atoms with Gasteiger partial charge in [0.05, 0.1) is 0 Å². The molecule has 0 bridgehead atoms. The Morgan fingerprint density at radius 2 is 1.67 bits per heavy atom. The lowest BCUT2D eigenvalue weighted by molar-refractivity contribution is -0.140. The van der Waals surface area contributed by atoms with Gasteiger partial charge in [0.1, 0.15) is 18.2 Å². The molecule has 2 aromatic carbocycles. The zero-order valence-electron chi connectivity index (χ0n) is 21.7. The van der Waals surface area contributed by atoms with Gasteiger partial charge in [-0.3, -0.25) is 4.90 Å². The van der Waals surface area contributed by atoms with Crippen LogP contribution in [0.5, 0.6) is 0 Å². The van der Waals surface area contributed by atoms with E-state index in [2.05, 4.69) is 5.32 Å². The summed E-state index contributed by atoms with van der Waals surface area (Å²) in [6.07, 6.45) is -1.27. The fourth-order valence-electron chi connectivity index (χ4n) is 3.38. The Balaban J connectivity index is 2.05. The van der Waals surface area contributed by atoms with Crippen molar-refractivity contribution in [1.82, 2.24) is 15.1 Å². The van der Waals surface area contributed by atoms with Crippen molar-refractivity contribution in [2.75, 3.05) is 26.7 Å². The fraction of sp³-hybridized carbons (Fsp3) is 0.444. The van der Waals surface area contributed by atoms with Crippen LogP contribution in [0.2, 0.25) is 0 Å². The molecule has 0 aliphatic heterocycles. The molecular formula is C27H37N3O6. The van der Waals surface area contributed by atoms with Gasteiger partial charge in [-0.15, -0.1) is 0 Å². The number of benzene rings is 2. The first kappa shape index (κ1) is 28.6. The quantitative estimate of drug-likeness (QED) is 0.480. The lowest BCUT2D eigenvalue weighted by Gasteiger charge is -2.29. The summed E-state index contributed by atoms with van der Waals surface area (Å²) in [5.41, 5.74) is 2.25. The van der Waals surface area contributed by atoms with Gasteiger partial charge >= 0.3 is 18.2 Å². The summed E-state index contributed by atoms with van der Waals surface area (Å²) in [6, 6.07) is 15.8. The third-order valence-corrected chi connectivity index (χ3v) is 5.19. The highest BCUT2D eigenvalue weighted by molar-refractivity contribution is 5.80. The van der Waals surface area contributed by atoms with Gasteiger partial charge in [0.15, 0.2) is 0 Å². The number of hydrogen-bond acceptors (Lipinski definition) is 6. The lowest BCUT2D eigenvalue weighted by atomic mass is 10.1. The Kier molecular flexibility index (Phi) is 10.7. The van der Waals surface area contributed by atoms with Gasteiger partial charge in [0.25, 0.3) is 0 Å². The molecule has 0 saturated carbocycles. The average Bonchev–Trinajstić information content (AvgIpc) is 2.80. The second-order valence-electron chi connectivity index (χ2n) is 9.72. The zero-order valence-corrected chi connectivity index (χ0v) is 21.7. The number of nitrogens with zero attached hydrogens (tertiary/aromatic N) is 2. The number of amides is 2. The van der Waals surface area contributed by atoms with Gasteiger partial charge in [0.2, 0.25) is 0 Å². The number of hydrogen-bond donors (Lipinski definition) is 2. The van der Waals surface area contributed by atoms with Crippen LogP contribution in [0.25, 0.3) is 0 Å². The number of aryl methyl sites for hydroxylation is 1. The predicted molar refractivity (Wildman–Crippen MR) is 137 cm³/mol. The molecule has 0 radical (unpaired) electrons. The molecule has 0 aliphatic carbocycles. The molecule has 2 rings (SSSR count). The summed E-state index contributed by atoms with van der Waals surface area (Å²) in [7, 11) is 1.63. The predicted octanol–water partition coefficient (Wildman–Crippen LogP) is 4.04. The standard InChI is InChI=1S/C27H37N3O6/c1-20-10-9-13-22(16-20)17-30(15-14-29(5)26(34)36-27(2,3)4)18-23(24(31)32)28-25(33)35-19-21-11-7-6-8-12-21/h6-13,16,23H,14-15,17-19H2,1-5H3,(H,28,33)(H,31,32)/t23-/m1/s1. The van der Waals surface area contributed by atoms with Crippen molar-refractivity contribution in [3.8, 4) is 0 Å². The molecule has 196 valence electrons. The number of carboxylic acid groups (broad SMARTS) is 1. The zero-order chi connectivity index (χ0) is 26.7. The van der Waals surface area contributed by atoms with Gasteiger partial charge in [-0.2, -0.15) is 0 Å².